The van der Waals surface area contributed by atoms with Crippen molar-refractivity contribution >= 4 is 11.6 Å². The van der Waals surface area contributed by atoms with Crippen LogP contribution in [0.1, 0.15) is 37.3 Å². The molecule has 32 heavy (non-hydrogen) atoms. The van der Waals surface area contributed by atoms with Crippen LogP contribution >= 0.6 is 0 Å². The van der Waals surface area contributed by atoms with Crippen LogP contribution in [0.25, 0.3) is 0 Å². The maximum atomic E-state index is 13.6. The molecule has 4 rings (SSSR count). The van der Waals surface area contributed by atoms with Gasteiger partial charge in [0.15, 0.2) is 0 Å². The van der Waals surface area contributed by atoms with E-state index in [2.05, 4.69) is 26.9 Å². The van der Waals surface area contributed by atoms with Crippen molar-refractivity contribution in [3.05, 3.63) is 59.9 Å². The van der Waals surface area contributed by atoms with Crippen LogP contribution in [0.5, 0.6) is 0 Å². The van der Waals surface area contributed by atoms with E-state index in [9.17, 15) is 18.0 Å². The Morgan fingerprint density at radius 3 is 2.38 bits per heavy atom. The van der Waals surface area contributed by atoms with Gasteiger partial charge in [0, 0.05) is 57.4 Å². The van der Waals surface area contributed by atoms with Crippen LogP contribution in [0, 0.1) is 0 Å². The van der Waals surface area contributed by atoms with Gasteiger partial charge in [0.1, 0.15) is 0 Å². The summed E-state index contributed by atoms with van der Waals surface area (Å²) in [7, 11) is 0. The highest BCUT2D eigenvalue weighted by molar-refractivity contribution is 5.94. The second-order valence-corrected chi connectivity index (χ2v) is 8.70. The Bertz CT molecular complexity index is 922. The number of amides is 1. The number of aromatic nitrogens is 1. The van der Waals surface area contributed by atoms with E-state index < -0.39 is 11.7 Å². The van der Waals surface area contributed by atoms with Crippen molar-refractivity contribution in [2.75, 3.05) is 37.6 Å². The molecule has 1 aromatic carbocycles. The van der Waals surface area contributed by atoms with Crippen LogP contribution in [0.15, 0.2) is 48.8 Å². The fourth-order valence-corrected chi connectivity index (χ4v) is 4.57. The lowest BCUT2D eigenvalue weighted by atomic mass is 10.1. The number of benzene rings is 1. The number of carbonyl (C=O) groups is 1. The summed E-state index contributed by atoms with van der Waals surface area (Å²) in [6.07, 6.45) is -0.316. The minimum Gasteiger partial charge on any atom is -0.308 e. The number of rotatable bonds is 7. The molecule has 2 aliphatic rings. The average molecular weight is 447 g/mol. The first-order valence-electron chi connectivity index (χ1n) is 11.2. The Labute approximate surface area is 186 Å². The van der Waals surface area contributed by atoms with Gasteiger partial charge in [-0.25, -0.2) is 0 Å². The molecule has 0 N–H and O–H groups in total. The van der Waals surface area contributed by atoms with Crippen LogP contribution in [0.3, 0.4) is 0 Å². The first kappa shape index (κ1) is 22.7. The minimum atomic E-state index is -4.54. The predicted octanol–water partition coefficient (Wildman–Crippen LogP) is 4.19. The second-order valence-electron chi connectivity index (χ2n) is 8.70. The van der Waals surface area contributed by atoms with Gasteiger partial charge in [-0.15, -0.1) is 0 Å². The van der Waals surface area contributed by atoms with E-state index in [-0.39, 0.29) is 30.1 Å². The standard InChI is InChI=1S/C24H29F3N4O/c1-2-22(32)31(21-16-28-11-8-20(21)24(25,26)27)18-23(9-10-23)30-14-12-29(13-15-30)17-19-6-4-3-5-7-19/h3-8,11,16H,2,9-10,12-15,17-18H2,1H3. The highest BCUT2D eigenvalue weighted by atomic mass is 19.4. The van der Waals surface area contributed by atoms with Crippen LogP contribution in [0.2, 0.25) is 0 Å². The highest BCUT2D eigenvalue weighted by Crippen LogP contribution is 2.45. The summed E-state index contributed by atoms with van der Waals surface area (Å²) in [6.45, 7) is 6.35. The van der Waals surface area contributed by atoms with E-state index in [0.717, 1.165) is 57.8 Å². The molecule has 8 heteroatoms. The zero-order valence-electron chi connectivity index (χ0n) is 18.3. The molecule has 2 heterocycles. The maximum absolute atomic E-state index is 13.6. The Morgan fingerprint density at radius 1 is 1.09 bits per heavy atom. The molecular formula is C24H29F3N4O. The maximum Gasteiger partial charge on any atom is 0.418 e. The SMILES string of the molecule is CCC(=O)N(CC1(N2CCN(Cc3ccccc3)CC2)CC1)c1cnccc1C(F)(F)F. The third-order valence-corrected chi connectivity index (χ3v) is 6.57. The number of alkyl halides is 3. The van der Waals surface area contributed by atoms with E-state index >= 15 is 0 Å². The van der Waals surface area contributed by atoms with Gasteiger partial charge in [-0.3, -0.25) is 19.6 Å². The van der Waals surface area contributed by atoms with Crippen molar-refractivity contribution < 1.29 is 18.0 Å². The molecule has 0 spiro atoms. The zero-order chi connectivity index (χ0) is 22.8. The number of pyridine rings is 1. The van der Waals surface area contributed by atoms with Gasteiger partial charge in [-0.2, -0.15) is 13.2 Å². The number of carbonyl (C=O) groups excluding carboxylic acids is 1. The van der Waals surface area contributed by atoms with Gasteiger partial charge < -0.3 is 4.90 Å². The van der Waals surface area contributed by atoms with Gasteiger partial charge in [0.25, 0.3) is 0 Å². The summed E-state index contributed by atoms with van der Waals surface area (Å²) < 4.78 is 40.9. The van der Waals surface area contributed by atoms with Crippen LogP contribution in [0.4, 0.5) is 18.9 Å². The van der Waals surface area contributed by atoms with Crippen molar-refractivity contribution in [1.82, 2.24) is 14.8 Å². The lowest BCUT2D eigenvalue weighted by molar-refractivity contribution is -0.137. The molecule has 0 atom stereocenters. The first-order chi connectivity index (χ1) is 15.3. The monoisotopic (exact) mass is 446 g/mol. The van der Waals surface area contributed by atoms with Crippen molar-refractivity contribution in [1.29, 1.82) is 0 Å². The van der Waals surface area contributed by atoms with Crippen molar-refractivity contribution in [3.63, 3.8) is 0 Å². The number of piperazine rings is 1. The quantitative estimate of drug-likeness (QED) is 0.639. The smallest absolute Gasteiger partial charge is 0.308 e. The number of anilines is 1. The molecular weight excluding hydrogens is 417 g/mol. The molecule has 1 saturated heterocycles. The molecule has 1 aromatic heterocycles. The zero-order valence-corrected chi connectivity index (χ0v) is 18.3. The fraction of sp³-hybridized carbons (Fsp3) is 0.500. The molecule has 1 amide bonds. The molecule has 0 radical (unpaired) electrons. The van der Waals surface area contributed by atoms with Gasteiger partial charge in [-0.05, 0) is 24.5 Å². The summed E-state index contributed by atoms with van der Waals surface area (Å²) in [5.41, 5.74) is 0.0826. The number of nitrogens with zero attached hydrogens (tertiary/aromatic N) is 4. The molecule has 2 fully saturated rings. The van der Waals surface area contributed by atoms with Gasteiger partial charge in [0.05, 0.1) is 17.4 Å². The molecule has 1 aliphatic heterocycles. The largest absolute Gasteiger partial charge is 0.418 e. The van der Waals surface area contributed by atoms with E-state index in [1.165, 1.54) is 16.7 Å². The third-order valence-electron chi connectivity index (χ3n) is 6.57. The van der Waals surface area contributed by atoms with Crippen molar-refractivity contribution in [3.8, 4) is 0 Å². The molecule has 172 valence electrons. The lowest BCUT2D eigenvalue weighted by Crippen LogP contribution is -2.55. The number of hydrogen-bond donors (Lipinski definition) is 0. The van der Waals surface area contributed by atoms with Crippen molar-refractivity contribution in [2.24, 2.45) is 0 Å². The van der Waals surface area contributed by atoms with E-state index in [1.54, 1.807) is 6.92 Å². The average Bonchev–Trinajstić information content (AvgIpc) is 3.58. The lowest BCUT2D eigenvalue weighted by Gasteiger charge is -2.41. The predicted molar refractivity (Wildman–Crippen MR) is 117 cm³/mol. The van der Waals surface area contributed by atoms with Gasteiger partial charge >= 0.3 is 6.18 Å². The summed E-state index contributed by atoms with van der Waals surface area (Å²) >= 11 is 0. The van der Waals surface area contributed by atoms with E-state index in [1.807, 2.05) is 18.2 Å². The molecule has 1 aliphatic carbocycles. The van der Waals surface area contributed by atoms with Gasteiger partial charge in [0.2, 0.25) is 5.91 Å². The van der Waals surface area contributed by atoms with Crippen LogP contribution < -0.4 is 4.90 Å². The molecule has 1 saturated carbocycles. The molecule has 2 aromatic rings. The Hall–Kier alpha value is -2.45. The Kier molecular flexibility index (Phi) is 6.53. The van der Waals surface area contributed by atoms with Crippen LogP contribution in [-0.2, 0) is 17.5 Å². The van der Waals surface area contributed by atoms with Gasteiger partial charge in [-0.1, -0.05) is 37.3 Å². The van der Waals surface area contributed by atoms with Crippen LogP contribution in [-0.4, -0.2) is 59.0 Å². The normalized spacial score (nSPS) is 19.0. The highest BCUT2D eigenvalue weighted by Gasteiger charge is 2.51. The Morgan fingerprint density at radius 2 is 1.78 bits per heavy atom. The van der Waals surface area contributed by atoms with Crippen molar-refractivity contribution in [2.45, 2.75) is 44.4 Å². The number of halogens is 3. The topological polar surface area (TPSA) is 39.7 Å². The van der Waals surface area contributed by atoms with E-state index in [0.29, 0.717) is 0 Å². The third kappa shape index (κ3) is 4.96. The van der Waals surface area contributed by atoms with E-state index in [4.69, 9.17) is 0 Å². The molecule has 0 bridgehead atoms. The summed E-state index contributed by atoms with van der Waals surface area (Å²) in [4.78, 5) is 22.7. The fourth-order valence-electron chi connectivity index (χ4n) is 4.57. The second kappa shape index (κ2) is 9.19. The Balaban J connectivity index is 1.47. The molecule has 5 nitrogen and oxygen atoms in total. The minimum absolute atomic E-state index is 0.138. The molecule has 0 unspecified atom stereocenters. The number of hydrogen-bond acceptors (Lipinski definition) is 4. The summed E-state index contributed by atoms with van der Waals surface area (Å²) in [5.74, 6) is -0.308. The first-order valence-corrected chi connectivity index (χ1v) is 11.2. The summed E-state index contributed by atoms with van der Waals surface area (Å²) in [5, 5.41) is 0. The summed E-state index contributed by atoms with van der Waals surface area (Å²) in [6, 6.07) is 11.3.